The van der Waals surface area contributed by atoms with Crippen LogP contribution in [0.15, 0.2) is 47.1 Å². The summed E-state index contributed by atoms with van der Waals surface area (Å²) >= 11 is 3.28. The Morgan fingerprint density at radius 1 is 1.21 bits per heavy atom. The fraction of sp³-hybridized carbons (Fsp3) is 0.294. The Morgan fingerprint density at radius 2 is 1.92 bits per heavy atom. The van der Waals surface area contributed by atoms with Crippen LogP contribution in [-0.4, -0.2) is 48.1 Å². The molecular weight excluding hydrogens is 376 g/mol. The van der Waals surface area contributed by atoms with Gasteiger partial charge in [0.1, 0.15) is 5.69 Å². The molecule has 0 spiro atoms. The lowest BCUT2D eigenvalue weighted by atomic mass is 10.1. The largest absolute Gasteiger partial charge is 0.443 e. The van der Waals surface area contributed by atoms with Gasteiger partial charge in [0.05, 0.1) is 13.2 Å². The van der Waals surface area contributed by atoms with Crippen LogP contribution in [0.1, 0.15) is 22.2 Å². The second-order valence-corrected chi connectivity index (χ2v) is 6.28. The first-order chi connectivity index (χ1) is 11.6. The number of esters is 1. The third-order valence-corrected chi connectivity index (χ3v) is 4.20. The van der Waals surface area contributed by atoms with Crippen molar-refractivity contribution in [3.8, 4) is 0 Å². The van der Waals surface area contributed by atoms with Gasteiger partial charge in [0.15, 0.2) is 0 Å². The molecule has 1 aromatic carbocycles. The van der Waals surface area contributed by atoms with Gasteiger partial charge in [0.2, 0.25) is 6.10 Å². The maximum atomic E-state index is 12.8. The smallest absolute Gasteiger partial charge is 0.355 e. The highest BCUT2D eigenvalue weighted by molar-refractivity contribution is 9.10. The average Bonchev–Trinajstić information content (AvgIpc) is 3.07. The molecule has 0 saturated carbocycles. The van der Waals surface area contributed by atoms with Crippen LogP contribution in [0.2, 0.25) is 0 Å². The number of carbonyl (C=O) groups excluding carboxylic acids is 2. The average molecular weight is 393 g/mol. The number of ether oxygens (including phenoxy) is 2. The zero-order valence-corrected chi connectivity index (χ0v) is 14.5. The van der Waals surface area contributed by atoms with Crippen molar-refractivity contribution < 1.29 is 19.1 Å². The van der Waals surface area contributed by atoms with Gasteiger partial charge >= 0.3 is 5.97 Å². The Kier molecular flexibility index (Phi) is 5.32. The summed E-state index contributed by atoms with van der Waals surface area (Å²) in [5.74, 6) is -0.806. The van der Waals surface area contributed by atoms with Crippen molar-refractivity contribution in [1.29, 1.82) is 0 Å². The van der Waals surface area contributed by atoms with Crippen LogP contribution in [0, 0.1) is 0 Å². The third-order valence-electron chi connectivity index (χ3n) is 3.74. The van der Waals surface area contributed by atoms with E-state index in [9.17, 15) is 9.59 Å². The van der Waals surface area contributed by atoms with Crippen molar-refractivity contribution >= 4 is 27.8 Å². The van der Waals surface area contributed by atoms with Crippen molar-refractivity contribution in [1.82, 2.24) is 9.88 Å². The molecule has 3 rings (SSSR count). The number of nitrogens with zero attached hydrogens (tertiary/aromatic N) is 1. The number of amides is 1. The summed E-state index contributed by atoms with van der Waals surface area (Å²) in [5, 5.41) is 0. The van der Waals surface area contributed by atoms with Gasteiger partial charge in [-0.15, -0.1) is 0 Å². The molecule has 7 heteroatoms. The minimum absolute atomic E-state index is 0.233. The highest BCUT2D eigenvalue weighted by atomic mass is 79.9. The van der Waals surface area contributed by atoms with Crippen molar-refractivity contribution in [3.05, 3.63) is 58.3 Å². The topological polar surface area (TPSA) is 71.6 Å². The van der Waals surface area contributed by atoms with Crippen molar-refractivity contribution in [3.63, 3.8) is 0 Å². The van der Waals surface area contributed by atoms with Crippen molar-refractivity contribution in [2.75, 3.05) is 26.3 Å². The molecule has 1 saturated heterocycles. The Hall–Kier alpha value is -2.12. The quantitative estimate of drug-likeness (QED) is 0.811. The standard InChI is InChI=1S/C17H17BrN2O4/c18-13-10-14(19-11-13)17(22)24-15(12-4-2-1-3-5-12)16(21)20-6-8-23-9-7-20/h1-5,10-11,15,19H,6-9H2/t15-/m1/s1. The number of hydrogen-bond acceptors (Lipinski definition) is 4. The first kappa shape index (κ1) is 16.7. The van der Waals surface area contributed by atoms with E-state index in [-0.39, 0.29) is 11.6 Å². The maximum Gasteiger partial charge on any atom is 0.355 e. The number of carbonyl (C=O) groups is 2. The molecule has 24 heavy (non-hydrogen) atoms. The van der Waals surface area contributed by atoms with Crippen molar-refractivity contribution in [2.24, 2.45) is 0 Å². The number of hydrogen-bond donors (Lipinski definition) is 1. The Labute approximate surface area is 147 Å². The minimum Gasteiger partial charge on any atom is -0.443 e. The van der Waals surface area contributed by atoms with Crippen LogP contribution in [0.25, 0.3) is 0 Å². The number of morpholine rings is 1. The summed E-state index contributed by atoms with van der Waals surface area (Å²) in [6.07, 6.45) is 0.664. The van der Waals surface area contributed by atoms with Crippen LogP contribution in [-0.2, 0) is 14.3 Å². The molecular formula is C17H17BrN2O4. The van der Waals surface area contributed by atoms with Crippen LogP contribution < -0.4 is 0 Å². The van der Waals surface area contributed by atoms with Gasteiger partial charge in [-0.3, -0.25) is 4.79 Å². The van der Waals surface area contributed by atoms with Gasteiger partial charge < -0.3 is 19.4 Å². The molecule has 2 heterocycles. The number of nitrogens with one attached hydrogen (secondary N) is 1. The van der Waals surface area contributed by atoms with Crippen LogP contribution >= 0.6 is 15.9 Å². The molecule has 1 fully saturated rings. The van der Waals surface area contributed by atoms with E-state index in [1.807, 2.05) is 18.2 Å². The predicted octanol–water partition coefficient (Wildman–Crippen LogP) is 2.53. The number of aromatic amines is 1. The SMILES string of the molecule is O=C(O[C@@H](C(=O)N1CCOCC1)c1ccccc1)c1cc(Br)c[nH]1. The van der Waals surface area contributed by atoms with Gasteiger partial charge in [0.25, 0.3) is 5.91 Å². The van der Waals surface area contributed by atoms with E-state index in [0.29, 0.717) is 31.9 Å². The van der Waals surface area contributed by atoms with E-state index >= 15 is 0 Å². The lowest BCUT2D eigenvalue weighted by Crippen LogP contribution is -2.44. The lowest BCUT2D eigenvalue weighted by molar-refractivity contribution is -0.145. The second kappa shape index (κ2) is 7.63. The molecule has 1 aliphatic rings. The second-order valence-electron chi connectivity index (χ2n) is 5.37. The maximum absolute atomic E-state index is 12.8. The molecule has 0 radical (unpaired) electrons. The third kappa shape index (κ3) is 3.85. The Balaban J connectivity index is 1.82. The van der Waals surface area contributed by atoms with Gasteiger partial charge in [-0.2, -0.15) is 0 Å². The van der Waals surface area contributed by atoms with E-state index in [0.717, 1.165) is 4.47 Å². The summed E-state index contributed by atoms with van der Waals surface area (Å²) in [6, 6.07) is 10.6. The van der Waals surface area contributed by atoms with E-state index in [1.165, 1.54) is 0 Å². The van der Waals surface area contributed by atoms with Crippen LogP contribution in [0.5, 0.6) is 0 Å². The molecule has 1 aliphatic heterocycles. The molecule has 0 aliphatic carbocycles. The first-order valence-electron chi connectivity index (χ1n) is 7.61. The van der Waals surface area contributed by atoms with E-state index in [4.69, 9.17) is 9.47 Å². The Morgan fingerprint density at radius 3 is 2.54 bits per heavy atom. The predicted molar refractivity (Wildman–Crippen MR) is 90.5 cm³/mol. The zero-order valence-electron chi connectivity index (χ0n) is 12.9. The van der Waals surface area contributed by atoms with E-state index in [2.05, 4.69) is 20.9 Å². The highest BCUT2D eigenvalue weighted by Crippen LogP contribution is 2.23. The van der Waals surface area contributed by atoms with Crippen molar-refractivity contribution in [2.45, 2.75) is 6.10 Å². The fourth-order valence-corrected chi connectivity index (χ4v) is 2.84. The summed E-state index contributed by atoms with van der Waals surface area (Å²) in [6.45, 7) is 1.97. The summed E-state index contributed by atoms with van der Waals surface area (Å²) in [7, 11) is 0. The normalized spacial score (nSPS) is 15.8. The molecule has 1 amide bonds. The monoisotopic (exact) mass is 392 g/mol. The molecule has 0 bridgehead atoms. The fourth-order valence-electron chi connectivity index (χ4n) is 2.49. The summed E-state index contributed by atoms with van der Waals surface area (Å²) in [4.78, 5) is 29.7. The number of rotatable bonds is 4. The highest BCUT2D eigenvalue weighted by Gasteiger charge is 2.31. The van der Waals surface area contributed by atoms with Crippen LogP contribution in [0.3, 0.4) is 0 Å². The van der Waals surface area contributed by atoms with Gasteiger partial charge in [-0.25, -0.2) is 4.79 Å². The minimum atomic E-state index is -0.973. The van der Waals surface area contributed by atoms with Crippen LogP contribution in [0.4, 0.5) is 0 Å². The van der Waals surface area contributed by atoms with E-state index < -0.39 is 12.1 Å². The summed E-state index contributed by atoms with van der Waals surface area (Å²) in [5.41, 5.74) is 0.936. The number of benzene rings is 1. The molecule has 1 atom stereocenters. The first-order valence-corrected chi connectivity index (χ1v) is 8.41. The Bertz CT molecular complexity index is 710. The molecule has 1 aromatic heterocycles. The number of aromatic nitrogens is 1. The van der Waals surface area contributed by atoms with Gasteiger partial charge in [0, 0.05) is 29.3 Å². The van der Waals surface area contributed by atoms with Gasteiger partial charge in [-0.1, -0.05) is 30.3 Å². The zero-order chi connectivity index (χ0) is 16.9. The lowest BCUT2D eigenvalue weighted by Gasteiger charge is -2.30. The molecule has 0 unspecified atom stereocenters. The van der Waals surface area contributed by atoms with Gasteiger partial charge in [-0.05, 0) is 22.0 Å². The molecule has 1 N–H and O–H groups in total. The number of H-pyrrole nitrogens is 1. The summed E-state index contributed by atoms with van der Waals surface area (Å²) < 4.78 is 11.5. The molecule has 126 valence electrons. The number of halogens is 1. The van der Waals surface area contributed by atoms with E-state index in [1.54, 1.807) is 29.3 Å². The molecule has 6 nitrogen and oxygen atoms in total. The molecule has 2 aromatic rings.